The Morgan fingerprint density at radius 1 is 1.06 bits per heavy atom. The first kappa shape index (κ1) is 13.3. The van der Waals surface area contributed by atoms with Gasteiger partial charge in [-0.2, -0.15) is 0 Å². The van der Waals surface area contributed by atoms with Gasteiger partial charge in [0.15, 0.2) is 0 Å². The van der Waals surface area contributed by atoms with Gasteiger partial charge in [-0.25, -0.2) is 0 Å². The minimum absolute atomic E-state index is 0.804. The lowest BCUT2D eigenvalue weighted by atomic mass is 10.0. The zero-order valence-corrected chi connectivity index (χ0v) is 12.0. The van der Waals surface area contributed by atoms with Gasteiger partial charge in [-0.3, -0.25) is 4.21 Å². The Morgan fingerprint density at radius 2 is 1.67 bits per heavy atom. The van der Waals surface area contributed by atoms with Crippen molar-refractivity contribution in [1.29, 1.82) is 0 Å². The average Bonchev–Trinajstić information content (AvgIpc) is 2.38. The van der Waals surface area contributed by atoms with Gasteiger partial charge in [0.2, 0.25) is 0 Å². The Balaban J connectivity index is 2.36. The first-order valence-electron chi connectivity index (χ1n) is 5.84. The molecule has 94 valence electrons. The normalized spacial score (nSPS) is 12.4. The van der Waals surface area contributed by atoms with Crippen LogP contribution in [0, 0.1) is 0 Å². The predicted molar refractivity (Wildman–Crippen MR) is 78.6 cm³/mol. The first-order chi connectivity index (χ1) is 8.61. The second-order valence-electron chi connectivity index (χ2n) is 4.14. The van der Waals surface area contributed by atoms with Gasteiger partial charge >= 0.3 is 0 Å². The molecule has 1 atom stereocenters. The van der Waals surface area contributed by atoms with Gasteiger partial charge in [0, 0.05) is 27.0 Å². The Bertz CT molecular complexity index is 576. The van der Waals surface area contributed by atoms with E-state index >= 15 is 0 Å². The summed E-state index contributed by atoms with van der Waals surface area (Å²) in [6, 6.07) is 13.9. The number of hydrogen-bond acceptors (Lipinski definition) is 1. The summed E-state index contributed by atoms with van der Waals surface area (Å²) in [7, 11) is -0.929. The Morgan fingerprint density at radius 3 is 2.17 bits per heavy atom. The topological polar surface area (TPSA) is 17.1 Å². The minimum atomic E-state index is -0.929. The molecule has 2 aromatic rings. The fourth-order valence-electron chi connectivity index (χ4n) is 1.85. The summed E-state index contributed by atoms with van der Waals surface area (Å²) in [5.41, 5.74) is 3.34. The molecule has 18 heavy (non-hydrogen) atoms. The molecule has 2 rings (SSSR count). The number of benzene rings is 2. The van der Waals surface area contributed by atoms with Crippen molar-refractivity contribution in [3.63, 3.8) is 0 Å². The van der Waals surface area contributed by atoms with Crippen LogP contribution in [-0.4, -0.2) is 10.5 Å². The van der Waals surface area contributed by atoms with Crippen molar-refractivity contribution in [2.75, 3.05) is 6.26 Å². The maximum Gasteiger partial charge on any atom is 0.0498 e. The van der Waals surface area contributed by atoms with E-state index in [-0.39, 0.29) is 0 Å². The molecule has 0 aromatic heterocycles. The molecule has 0 aliphatic carbocycles. The molecular formula is C15H15ClOS. The molecule has 0 spiro atoms. The van der Waals surface area contributed by atoms with E-state index in [4.69, 9.17) is 11.6 Å². The summed E-state index contributed by atoms with van der Waals surface area (Å²) in [6.07, 6.45) is 2.62. The molecule has 0 fully saturated rings. The second-order valence-corrected chi connectivity index (χ2v) is 5.93. The van der Waals surface area contributed by atoms with Gasteiger partial charge in [-0.05, 0) is 41.3 Å². The van der Waals surface area contributed by atoms with E-state index < -0.39 is 10.8 Å². The largest absolute Gasteiger partial charge is 0.255 e. The fourth-order valence-corrected chi connectivity index (χ4v) is 2.69. The van der Waals surface area contributed by atoms with Gasteiger partial charge in [0.05, 0.1) is 0 Å². The molecule has 0 radical (unpaired) electrons. The van der Waals surface area contributed by atoms with E-state index in [9.17, 15) is 4.21 Å². The van der Waals surface area contributed by atoms with Crippen LogP contribution in [0.15, 0.2) is 47.4 Å². The van der Waals surface area contributed by atoms with Crippen LogP contribution in [0.1, 0.15) is 12.5 Å². The summed E-state index contributed by atoms with van der Waals surface area (Å²) >= 11 is 6.21. The maximum atomic E-state index is 11.3. The van der Waals surface area contributed by atoms with Crippen LogP contribution in [0.2, 0.25) is 5.02 Å². The lowest BCUT2D eigenvalue weighted by molar-refractivity contribution is 0.687. The zero-order chi connectivity index (χ0) is 13.1. The SMILES string of the molecule is CCc1ccc(-c2ccc(S(C)=O)cc2)cc1Cl. The van der Waals surface area contributed by atoms with Crippen LogP contribution >= 0.6 is 11.6 Å². The summed E-state index contributed by atoms with van der Waals surface area (Å²) in [5, 5.41) is 0.804. The van der Waals surface area contributed by atoms with Gasteiger partial charge in [0.1, 0.15) is 0 Å². The van der Waals surface area contributed by atoms with Crippen molar-refractivity contribution in [3.05, 3.63) is 53.1 Å². The second kappa shape index (κ2) is 5.68. The van der Waals surface area contributed by atoms with Gasteiger partial charge in [-0.1, -0.05) is 42.8 Å². The van der Waals surface area contributed by atoms with E-state index in [1.807, 2.05) is 30.3 Å². The van der Waals surface area contributed by atoms with Crippen molar-refractivity contribution in [2.45, 2.75) is 18.2 Å². The molecule has 0 bridgehead atoms. The quantitative estimate of drug-likeness (QED) is 0.818. The monoisotopic (exact) mass is 278 g/mol. The number of halogens is 1. The van der Waals surface area contributed by atoms with Crippen molar-refractivity contribution < 1.29 is 4.21 Å². The van der Waals surface area contributed by atoms with Crippen molar-refractivity contribution >= 4 is 22.4 Å². The standard InChI is InChI=1S/C15H15ClOS/c1-3-11-4-5-13(10-15(11)16)12-6-8-14(9-7-12)18(2)17/h4-10H,3H2,1-2H3. The maximum absolute atomic E-state index is 11.3. The van der Waals surface area contributed by atoms with Crippen LogP contribution < -0.4 is 0 Å². The van der Waals surface area contributed by atoms with Crippen LogP contribution in [0.3, 0.4) is 0 Å². The highest BCUT2D eigenvalue weighted by atomic mass is 35.5. The van der Waals surface area contributed by atoms with Gasteiger partial charge in [-0.15, -0.1) is 0 Å². The van der Waals surface area contributed by atoms with Gasteiger partial charge < -0.3 is 0 Å². The smallest absolute Gasteiger partial charge is 0.0498 e. The molecule has 0 aliphatic rings. The third kappa shape index (κ3) is 2.82. The molecule has 0 heterocycles. The molecule has 0 amide bonds. The molecule has 3 heteroatoms. The van der Waals surface area contributed by atoms with E-state index in [0.717, 1.165) is 33.0 Å². The summed E-state index contributed by atoms with van der Waals surface area (Å²) in [4.78, 5) is 0.843. The molecule has 1 unspecified atom stereocenters. The Hall–Kier alpha value is -1.12. The highest BCUT2D eigenvalue weighted by Crippen LogP contribution is 2.26. The molecule has 0 aliphatic heterocycles. The molecule has 2 aromatic carbocycles. The van der Waals surface area contributed by atoms with E-state index in [1.165, 1.54) is 0 Å². The molecule has 0 saturated heterocycles. The Labute approximate surface area is 115 Å². The van der Waals surface area contributed by atoms with Crippen molar-refractivity contribution in [3.8, 4) is 11.1 Å². The number of rotatable bonds is 3. The summed E-state index contributed by atoms with van der Waals surface area (Å²) < 4.78 is 11.3. The Kier molecular flexibility index (Phi) is 4.20. The number of aryl methyl sites for hydroxylation is 1. The zero-order valence-electron chi connectivity index (χ0n) is 10.4. The van der Waals surface area contributed by atoms with E-state index in [0.29, 0.717) is 0 Å². The molecule has 0 saturated carbocycles. The van der Waals surface area contributed by atoms with Crippen LogP contribution in [0.5, 0.6) is 0 Å². The van der Waals surface area contributed by atoms with E-state index in [2.05, 4.69) is 19.1 Å². The van der Waals surface area contributed by atoms with Crippen LogP contribution in [0.25, 0.3) is 11.1 Å². The molecular weight excluding hydrogens is 264 g/mol. The lowest BCUT2D eigenvalue weighted by Gasteiger charge is -2.06. The average molecular weight is 279 g/mol. The summed E-state index contributed by atoms with van der Waals surface area (Å²) in [5.74, 6) is 0. The third-order valence-electron chi connectivity index (χ3n) is 2.95. The third-order valence-corrected chi connectivity index (χ3v) is 4.24. The highest BCUT2D eigenvalue weighted by Gasteiger charge is 2.03. The van der Waals surface area contributed by atoms with Crippen molar-refractivity contribution in [1.82, 2.24) is 0 Å². The van der Waals surface area contributed by atoms with Crippen molar-refractivity contribution in [2.24, 2.45) is 0 Å². The van der Waals surface area contributed by atoms with Gasteiger partial charge in [0.25, 0.3) is 0 Å². The molecule has 1 nitrogen and oxygen atoms in total. The number of hydrogen-bond donors (Lipinski definition) is 0. The first-order valence-corrected chi connectivity index (χ1v) is 7.77. The predicted octanol–water partition coefficient (Wildman–Crippen LogP) is 4.31. The molecule has 0 N–H and O–H groups in total. The lowest BCUT2D eigenvalue weighted by Crippen LogP contribution is -1.88. The van der Waals surface area contributed by atoms with Crippen LogP contribution in [-0.2, 0) is 17.2 Å². The minimum Gasteiger partial charge on any atom is -0.255 e. The highest BCUT2D eigenvalue weighted by molar-refractivity contribution is 7.84. The van der Waals surface area contributed by atoms with E-state index in [1.54, 1.807) is 6.26 Å². The van der Waals surface area contributed by atoms with Crippen LogP contribution in [0.4, 0.5) is 0 Å². The fraction of sp³-hybridized carbons (Fsp3) is 0.200. The summed E-state index contributed by atoms with van der Waals surface area (Å²) in [6.45, 7) is 2.09.